The van der Waals surface area contributed by atoms with Crippen LogP contribution < -0.4 is 29.1 Å². The second-order valence-electron chi connectivity index (χ2n) is 22.7. The van der Waals surface area contributed by atoms with Crippen molar-refractivity contribution in [2.24, 2.45) is 11.3 Å². The van der Waals surface area contributed by atoms with Crippen LogP contribution in [-0.2, 0) is 10.0 Å². The minimum atomic E-state index is -4.72. The zero-order valence-electron chi connectivity index (χ0n) is 43.0. The summed E-state index contributed by atoms with van der Waals surface area (Å²) >= 11 is 0. The van der Waals surface area contributed by atoms with Crippen LogP contribution in [0.25, 0.3) is 11.0 Å². The molecule has 4 aliphatic heterocycles. The number of piperidine rings is 1. The van der Waals surface area contributed by atoms with Crippen molar-refractivity contribution in [3.63, 3.8) is 0 Å². The fourth-order valence-electron chi connectivity index (χ4n) is 13.0. The third kappa shape index (κ3) is 10.0. The molecule has 11 rings (SSSR count). The predicted molar refractivity (Wildman–Crippen MR) is 283 cm³/mol. The number of sulfonamides is 1. The van der Waals surface area contributed by atoms with Crippen molar-refractivity contribution in [1.29, 1.82) is 0 Å². The molecule has 5 aromatic rings. The quantitative estimate of drug-likeness (QED) is 0.0604. The van der Waals surface area contributed by atoms with Gasteiger partial charge >= 0.3 is 0 Å². The van der Waals surface area contributed by atoms with Crippen LogP contribution in [0.15, 0.2) is 77.8 Å². The van der Waals surface area contributed by atoms with E-state index in [0.29, 0.717) is 55.9 Å². The first kappa shape index (κ1) is 50.2. The third-order valence-electron chi connectivity index (χ3n) is 17.5. The molecule has 2 saturated carbocycles. The van der Waals surface area contributed by atoms with Gasteiger partial charge in [0.25, 0.3) is 27.5 Å². The molecular formula is C56H70N8O9S. The Balaban J connectivity index is 0.845. The maximum atomic E-state index is 14.5. The molecule has 1 amide bonds. The second kappa shape index (κ2) is 20.0. The molecule has 3 aromatic carbocycles. The number of aromatic amines is 1. The van der Waals surface area contributed by atoms with E-state index in [1.54, 1.807) is 24.4 Å². The van der Waals surface area contributed by atoms with Crippen molar-refractivity contribution in [1.82, 2.24) is 24.5 Å². The molecule has 4 N–H and O–H groups in total. The van der Waals surface area contributed by atoms with Crippen molar-refractivity contribution in [2.45, 2.75) is 138 Å². The van der Waals surface area contributed by atoms with Crippen molar-refractivity contribution >= 4 is 44.0 Å². The van der Waals surface area contributed by atoms with Crippen LogP contribution in [-0.4, -0.2) is 114 Å². The van der Waals surface area contributed by atoms with Crippen molar-refractivity contribution in [3.8, 4) is 23.1 Å². The number of hydrogen-bond acceptors (Lipinski definition) is 14. The van der Waals surface area contributed by atoms with Gasteiger partial charge in [-0.1, -0.05) is 38.1 Å². The number of nitro groups is 1. The molecule has 3 atom stereocenters. The van der Waals surface area contributed by atoms with Gasteiger partial charge < -0.3 is 39.4 Å². The lowest BCUT2D eigenvalue weighted by Gasteiger charge is -2.56. The maximum Gasteiger partial charge on any atom is 0.297 e. The molecule has 2 aliphatic carbocycles. The summed E-state index contributed by atoms with van der Waals surface area (Å²) in [7, 11) is -2.65. The summed E-state index contributed by atoms with van der Waals surface area (Å²) in [4.78, 5) is 41.2. The number of anilines is 2. The van der Waals surface area contributed by atoms with Gasteiger partial charge in [0, 0.05) is 66.7 Å². The van der Waals surface area contributed by atoms with E-state index in [0.717, 1.165) is 69.0 Å². The lowest BCUT2D eigenvalue weighted by atomic mass is 9.59. The molecular weight excluding hydrogens is 961 g/mol. The lowest BCUT2D eigenvalue weighted by Crippen LogP contribution is -2.54. The molecule has 0 bridgehead atoms. The van der Waals surface area contributed by atoms with E-state index >= 15 is 0 Å². The topological polar surface area (TPSA) is 205 Å². The number of hydrogen-bond donors (Lipinski definition) is 4. The molecule has 1 spiro atoms. The first-order chi connectivity index (χ1) is 35.5. The Labute approximate surface area is 433 Å². The average molecular weight is 1030 g/mol. The molecule has 394 valence electrons. The number of nitrogens with one attached hydrogen (secondary N) is 3. The molecule has 0 unspecified atom stereocenters. The van der Waals surface area contributed by atoms with Gasteiger partial charge in [-0.2, -0.15) is 4.98 Å². The Kier molecular flexibility index (Phi) is 13.5. The molecule has 17 nitrogen and oxygen atoms in total. The zero-order chi connectivity index (χ0) is 51.5. The minimum absolute atomic E-state index is 0.00295. The highest BCUT2D eigenvalue weighted by Crippen LogP contribution is 2.55. The summed E-state index contributed by atoms with van der Waals surface area (Å²) in [6.45, 7) is 10.6. The molecule has 74 heavy (non-hydrogen) atoms. The van der Waals surface area contributed by atoms with E-state index in [1.807, 2.05) is 19.1 Å². The third-order valence-corrected chi connectivity index (χ3v) is 18.8. The average Bonchev–Trinajstić information content (AvgIpc) is 4.15. The van der Waals surface area contributed by atoms with Crippen LogP contribution in [0.5, 0.6) is 23.1 Å². The summed E-state index contributed by atoms with van der Waals surface area (Å²) in [5.41, 5.74) is 3.40. The smallest absolute Gasteiger partial charge is 0.297 e. The number of carbonyl (C=O) groups excluding carboxylic acids is 1. The predicted octanol–water partition coefficient (Wildman–Crippen LogP) is 9.68. The minimum Gasteiger partial charge on any atom is -0.489 e. The summed E-state index contributed by atoms with van der Waals surface area (Å²) < 4.78 is 49.8. The molecule has 0 radical (unpaired) electrons. The zero-order valence-corrected chi connectivity index (χ0v) is 43.8. The van der Waals surface area contributed by atoms with Crippen molar-refractivity contribution in [2.75, 3.05) is 56.7 Å². The molecule has 18 heteroatoms. The first-order valence-corrected chi connectivity index (χ1v) is 28.2. The number of benzene rings is 3. The number of amides is 1. The number of aliphatic hydroxyl groups is 1. The number of H-pyrrole nitrogens is 1. The highest BCUT2D eigenvalue weighted by Gasteiger charge is 2.50. The number of likely N-dealkylation sites (tertiary alicyclic amines) is 2. The van der Waals surface area contributed by atoms with Gasteiger partial charge in [0.05, 0.1) is 27.0 Å². The molecule has 6 aliphatic rings. The number of fused-ring (bicyclic) bond motifs is 2. The van der Waals surface area contributed by atoms with Gasteiger partial charge in [0.1, 0.15) is 24.6 Å². The highest BCUT2D eigenvalue weighted by atomic mass is 32.2. The van der Waals surface area contributed by atoms with Crippen molar-refractivity contribution in [3.05, 3.63) is 99.7 Å². The normalized spacial score (nSPS) is 25.4. The Morgan fingerprint density at radius 2 is 1.74 bits per heavy atom. The molecule has 2 aromatic heterocycles. The SMILES string of the molecule is CC(C)c1ccccc1[C@@H]1CCCN1C1CC2(CCN(c3ccc(C(=O)NS(=O)(=O)c4cc5c(c([N+](=O)[O-])c4)N[C@@H](C4CCC(C)(O)CC4)CO5)c(Oc4cc5cc[nH]c5nc4OC[C@@H]4CCCN4C)c3)CC2)C1. The number of aromatic nitrogens is 2. The fourth-order valence-corrected chi connectivity index (χ4v) is 14.0. The number of carbonyl (C=O) groups is 1. The van der Waals surface area contributed by atoms with Gasteiger partial charge in [-0.15, -0.1) is 0 Å². The number of rotatable bonds is 14. The van der Waals surface area contributed by atoms with Crippen LogP contribution in [0.3, 0.4) is 0 Å². The van der Waals surface area contributed by atoms with Gasteiger partial charge in [-0.3, -0.25) is 19.8 Å². The summed E-state index contributed by atoms with van der Waals surface area (Å²) in [6, 6.07) is 20.9. The standard InChI is InChI=1S/C56H70N8O9S/c1-35(2)42-10-5-6-11-43(42)46-12-8-24-63(46)40-31-56(32-40)20-25-62(26-21-56)38-13-14-44(48(28-38)73-50-27-37-17-22-57-52(37)59-54(50)72-33-39-9-7-23-61(39)4)53(65)60-74(69,70)41-29-47(64(67)68)51-49(30-41)71-34-45(58-51)36-15-18-55(3,66)19-16-36/h5-6,10-11,13-14,17,22,27-30,35-36,39-40,45-46,58,66H,7-9,12,15-16,18-21,23-26,31-34H2,1-4H3,(H,57,59)(H,60,65)/t36?,39-,45+,46-,55?/m0/s1. The van der Waals surface area contributed by atoms with Gasteiger partial charge in [-0.25, -0.2) is 13.1 Å². The van der Waals surface area contributed by atoms with Crippen LogP contribution in [0.2, 0.25) is 0 Å². The van der Waals surface area contributed by atoms with E-state index in [2.05, 4.69) is 74.9 Å². The molecule has 6 heterocycles. The van der Waals surface area contributed by atoms with E-state index in [1.165, 1.54) is 42.9 Å². The van der Waals surface area contributed by atoms with Crippen LogP contribution in [0.1, 0.15) is 131 Å². The summed E-state index contributed by atoms with van der Waals surface area (Å²) in [5.74, 6) is 0.168. The first-order valence-electron chi connectivity index (χ1n) is 26.8. The number of nitrogens with zero attached hydrogens (tertiary/aromatic N) is 5. The number of ether oxygens (including phenoxy) is 3. The lowest BCUT2D eigenvalue weighted by molar-refractivity contribution is -0.384. The Bertz CT molecular complexity index is 3030. The van der Waals surface area contributed by atoms with Crippen LogP contribution in [0.4, 0.5) is 17.1 Å². The van der Waals surface area contributed by atoms with E-state index in [-0.39, 0.29) is 64.4 Å². The monoisotopic (exact) mass is 1030 g/mol. The molecule has 3 saturated heterocycles. The number of likely N-dealkylation sites (N-methyl/N-ethyl adjacent to an activating group) is 1. The molecule has 5 fully saturated rings. The second-order valence-corrected chi connectivity index (χ2v) is 24.4. The summed E-state index contributed by atoms with van der Waals surface area (Å²) in [6.07, 6.45) is 13.2. The Morgan fingerprint density at radius 1 is 0.973 bits per heavy atom. The van der Waals surface area contributed by atoms with Crippen molar-refractivity contribution < 1.29 is 37.5 Å². The summed E-state index contributed by atoms with van der Waals surface area (Å²) in [5, 5.41) is 27.1. The van der Waals surface area contributed by atoms with Gasteiger partial charge in [0.2, 0.25) is 0 Å². The maximum absolute atomic E-state index is 14.5. The van der Waals surface area contributed by atoms with Gasteiger partial charge in [-0.05, 0) is 157 Å². The highest BCUT2D eigenvalue weighted by molar-refractivity contribution is 7.90. The fraction of sp³-hybridized carbons (Fsp3) is 0.536. The Morgan fingerprint density at radius 3 is 2.49 bits per heavy atom. The Hall–Kier alpha value is -5.95. The van der Waals surface area contributed by atoms with E-state index in [4.69, 9.17) is 19.2 Å². The largest absolute Gasteiger partial charge is 0.489 e. The van der Waals surface area contributed by atoms with Gasteiger partial charge in [0.15, 0.2) is 17.2 Å². The number of pyridine rings is 1. The van der Waals surface area contributed by atoms with E-state index < -0.39 is 37.0 Å². The van der Waals surface area contributed by atoms with Crippen LogP contribution >= 0.6 is 0 Å². The van der Waals surface area contributed by atoms with E-state index in [9.17, 15) is 28.4 Å². The van der Waals surface area contributed by atoms with Crippen LogP contribution in [0, 0.1) is 21.4 Å². The number of nitro benzene ring substituents is 1.